The van der Waals surface area contributed by atoms with Crippen molar-refractivity contribution in [2.24, 2.45) is 23.5 Å². The van der Waals surface area contributed by atoms with Crippen LogP contribution in [-0.4, -0.2) is 14.5 Å². The van der Waals surface area contributed by atoms with E-state index in [0.717, 1.165) is 16.4 Å². The first kappa shape index (κ1) is 15.5. The van der Waals surface area contributed by atoms with Gasteiger partial charge >= 0.3 is 0 Å². The normalized spacial score (nSPS) is 30.0. The summed E-state index contributed by atoms with van der Waals surface area (Å²) < 4.78 is 28.3. The van der Waals surface area contributed by atoms with E-state index in [1.165, 1.54) is 37.0 Å². The Morgan fingerprint density at radius 1 is 1.43 bits per heavy atom. The van der Waals surface area contributed by atoms with Gasteiger partial charge in [-0.2, -0.15) is 0 Å². The monoisotopic (exact) mass is 328 g/mol. The second-order valence-electron chi connectivity index (χ2n) is 6.62. The minimum Gasteiger partial charge on any atom is -0.326 e. The fourth-order valence-electron chi connectivity index (χ4n) is 4.29. The first-order chi connectivity index (χ1) is 9.92. The van der Waals surface area contributed by atoms with Gasteiger partial charge in [0.25, 0.3) is 0 Å². The zero-order valence-electron chi connectivity index (χ0n) is 12.6. The Bertz CT molecular complexity index is 624. The summed E-state index contributed by atoms with van der Waals surface area (Å²) in [5, 5.41) is 1.87. The van der Waals surface area contributed by atoms with E-state index < -0.39 is 10.0 Å². The fraction of sp³-hybridized carbons (Fsp3) is 0.733. The molecule has 3 N–H and O–H groups in total. The van der Waals surface area contributed by atoms with Gasteiger partial charge in [0.1, 0.15) is 4.90 Å². The van der Waals surface area contributed by atoms with Crippen LogP contribution in [0, 0.1) is 24.7 Å². The van der Waals surface area contributed by atoms with Crippen LogP contribution in [0.25, 0.3) is 0 Å². The standard InChI is InChI=1S/C15H24N2O2S2/c1-9-8-20-14(7-16)15(9)21(18,19)17-10(2)13-6-11-3-4-12(13)5-11/h8,10-13,17H,3-7,16H2,1-2H3. The largest absolute Gasteiger partial charge is 0.326 e. The van der Waals surface area contributed by atoms with E-state index in [1.807, 2.05) is 19.2 Å². The summed E-state index contributed by atoms with van der Waals surface area (Å²) in [7, 11) is -3.46. The average Bonchev–Trinajstić information content (AvgIpc) is 3.11. The molecular weight excluding hydrogens is 304 g/mol. The molecule has 0 amide bonds. The van der Waals surface area contributed by atoms with Crippen LogP contribution >= 0.6 is 11.3 Å². The van der Waals surface area contributed by atoms with Crippen molar-refractivity contribution in [3.05, 3.63) is 15.8 Å². The lowest BCUT2D eigenvalue weighted by Crippen LogP contribution is -2.40. The molecule has 6 heteroatoms. The van der Waals surface area contributed by atoms with Crippen molar-refractivity contribution >= 4 is 21.4 Å². The number of sulfonamides is 1. The van der Waals surface area contributed by atoms with E-state index >= 15 is 0 Å². The van der Waals surface area contributed by atoms with Crippen LogP contribution < -0.4 is 10.5 Å². The Labute approximate surface area is 131 Å². The lowest BCUT2D eigenvalue weighted by Gasteiger charge is -2.28. The van der Waals surface area contributed by atoms with E-state index in [1.54, 1.807) is 0 Å². The lowest BCUT2D eigenvalue weighted by molar-refractivity contribution is 0.280. The molecule has 118 valence electrons. The van der Waals surface area contributed by atoms with Gasteiger partial charge in [-0.05, 0) is 61.8 Å². The van der Waals surface area contributed by atoms with E-state index in [4.69, 9.17) is 5.73 Å². The first-order valence-corrected chi connectivity index (χ1v) is 10.1. The van der Waals surface area contributed by atoms with Gasteiger partial charge in [-0.3, -0.25) is 0 Å². The van der Waals surface area contributed by atoms with Crippen molar-refractivity contribution in [2.45, 2.75) is 57.0 Å². The molecule has 2 bridgehead atoms. The highest BCUT2D eigenvalue weighted by Crippen LogP contribution is 2.49. The third-order valence-corrected chi connectivity index (χ3v) is 8.26. The zero-order valence-corrected chi connectivity index (χ0v) is 14.3. The predicted octanol–water partition coefficient (Wildman–Crippen LogP) is 2.62. The Kier molecular flexibility index (Phi) is 4.16. The van der Waals surface area contributed by atoms with Crippen LogP contribution in [-0.2, 0) is 16.6 Å². The van der Waals surface area contributed by atoms with Gasteiger partial charge in [0.05, 0.1) is 0 Å². The topological polar surface area (TPSA) is 72.2 Å². The number of hydrogen-bond donors (Lipinski definition) is 2. The number of hydrogen-bond acceptors (Lipinski definition) is 4. The molecule has 0 aromatic carbocycles. The minimum atomic E-state index is -3.46. The Balaban J connectivity index is 1.78. The van der Waals surface area contributed by atoms with Crippen LogP contribution in [0.5, 0.6) is 0 Å². The average molecular weight is 329 g/mol. The molecular formula is C15H24N2O2S2. The molecule has 21 heavy (non-hydrogen) atoms. The summed E-state index contributed by atoms with van der Waals surface area (Å²) in [6.07, 6.45) is 5.08. The quantitative estimate of drug-likeness (QED) is 0.873. The van der Waals surface area contributed by atoms with E-state index in [0.29, 0.717) is 16.7 Å². The highest BCUT2D eigenvalue weighted by molar-refractivity contribution is 7.89. The number of thiophene rings is 1. The van der Waals surface area contributed by atoms with Gasteiger partial charge in [-0.15, -0.1) is 11.3 Å². The van der Waals surface area contributed by atoms with Crippen molar-refractivity contribution in [3.63, 3.8) is 0 Å². The van der Waals surface area contributed by atoms with Crippen LogP contribution in [0.3, 0.4) is 0 Å². The highest BCUT2D eigenvalue weighted by Gasteiger charge is 2.42. The minimum absolute atomic E-state index is 0.00947. The van der Waals surface area contributed by atoms with Crippen molar-refractivity contribution in [1.29, 1.82) is 0 Å². The molecule has 4 nitrogen and oxygen atoms in total. The second kappa shape index (κ2) is 5.65. The zero-order chi connectivity index (χ0) is 15.2. The van der Waals surface area contributed by atoms with Crippen molar-refractivity contribution < 1.29 is 8.42 Å². The highest BCUT2D eigenvalue weighted by atomic mass is 32.2. The molecule has 0 saturated heterocycles. The van der Waals surface area contributed by atoms with Crippen molar-refractivity contribution in [1.82, 2.24) is 4.72 Å². The van der Waals surface area contributed by atoms with Crippen LogP contribution in [0.4, 0.5) is 0 Å². The fourth-order valence-corrected chi connectivity index (χ4v) is 7.28. The number of nitrogens with two attached hydrogens (primary N) is 1. The summed E-state index contributed by atoms with van der Waals surface area (Å²) in [5.41, 5.74) is 6.48. The third-order valence-electron chi connectivity index (χ3n) is 5.22. The van der Waals surface area contributed by atoms with Crippen molar-refractivity contribution in [3.8, 4) is 0 Å². The molecule has 0 spiro atoms. The van der Waals surface area contributed by atoms with E-state index in [2.05, 4.69) is 4.72 Å². The summed E-state index contributed by atoms with van der Waals surface area (Å²) in [6.45, 7) is 4.14. The van der Waals surface area contributed by atoms with Crippen LogP contribution in [0.2, 0.25) is 0 Å². The van der Waals surface area contributed by atoms with E-state index in [-0.39, 0.29) is 12.6 Å². The van der Waals surface area contributed by atoms with Gasteiger partial charge in [0.2, 0.25) is 10.0 Å². The van der Waals surface area contributed by atoms with Crippen LogP contribution in [0.1, 0.15) is 43.0 Å². The molecule has 2 aliphatic carbocycles. The number of rotatable bonds is 5. The maximum atomic E-state index is 12.7. The molecule has 3 rings (SSSR count). The molecule has 4 atom stereocenters. The maximum Gasteiger partial charge on any atom is 0.242 e. The summed E-state index contributed by atoms with van der Waals surface area (Å²) in [4.78, 5) is 1.16. The first-order valence-electron chi connectivity index (χ1n) is 7.71. The molecule has 4 unspecified atom stereocenters. The Morgan fingerprint density at radius 3 is 2.76 bits per heavy atom. The number of aryl methyl sites for hydroxylation is 1. The molecule has 2 saturated carbocycles. The Hall–Kier alpha value is -0.430. The smallest absolute Gasteiger partial charge is 0.242 e. The van der Waals surface area contributed by atoms with Gasteiger partial charge in [0.15, 0.2) is 0 Å². The molecule has 1 aromatic heterocycles. The summed E-state index contributed by atoms with van der Waals surface area (Å²) in [5.74, 6) is 2.04. The van der Waals surface area contributed by atoms with Gasteiger partial charge in [-0.1, -0.05) is 6.42 Å². The molecule has 2 fully saturated rings. The molecule has 0 radical (unpaired) electrons. The van der Waals surface area contributed by atoms with Crippen LogP contribution in [0.15, 0.2) is 10.3 Å². The predicted molar refractivity (Wildman–Crippen MR) is 85.7 cm³/mol. The second-order valence-corrected chi connectivity index (χ2v) is 9.24. The molecule has 1 aromatic rings. The van der Waals surface area contributed by atoms with Gasteiger partial charge in [0, 0.05) is 17.5 Å². The third kappa shape index (κ3) is 2.79. The Morgan fingerprint density at radius 2 is 2.19 bits per heavy atom. The SMILES string of the molecule is Cc1csc(CN)c1S(=O)(=O)NC(C)C1CC2CCC1C2. The number of fused-ring (bicyclic) bond motifs is 2. The van der Waals surface area contributed by atoms with E-state index in [9.17, 15) is 8.42 Å². The van der Waals surface area contributed by atoms with Gasteiger partial charge in [-0.25, -0.2) is 13.1 Å². The number of nitrogens with one attached hydrogen (secondary N) is 1. The molecule has 1 heterocycles. The summed E-state index contributed by atoms with van der Waals surface area (Å²) >= 11 is 1.43. The maximum absolute atomic E-state index is 12.7. The van der Waals surface area contributed by atoms with Gasteiger partial charge < -0.3 is 5.73 Å². The van der Waals surface area contributed by atoms with Crippen molar-refractivity contribution in [2.75, 3.05) is 0 Å². The summed E-state index contributed by atoms with van der Waals surface area (Å²) in [6, 6.07) is 0.00947. The molecule has 2 aliphatic rings. The molecule has 0 aliphatic heterocycles. The lowest BCUT2D eigenvalue weighted by atomic mass is 9.84.